The van der Waals surface area contributed by atoms with E-state index in [1.165, 1.54) is 6.07 Å². The van der Waals surface area contributed by atoms with Crippen molar-refractivity contribution in [2.45, 2.75) is 13.3 Å². The second-order valence-corrected chi connectivity index (χ2v) is 4.58. The molecule has 0 heterocycles. The molecule has 108 valence electrons. The molecule has 1 amide bonds. The van der Waals surface area contributed by atoms with Gasteiger partial charge in [-0.05, 0) is 36.2 Å². The molecule has 0 saturated carbocycles. The van der Waals surface area contributed by atoms with Gasteiger partial charge in [0.2, 0.25) is 5.91 Å². The predicted octanol–water partition coefficient (Wildman–Crippen LogP) is 3.21. The first kappa shape index (κ1) is 14.7. The predicted molar refractivity (Wildman–Crippen MR) is 79.2 cm³/mol. The van der Waals surface area contributed by atoms with Crippen molar-refractivity contribution >= 4 is 17.3 Å². The third kappa shape index (κ3) is 3.89. The van der Waals surface area contributed by atoms with Crippen molar-refractivity contribution < 1.29 is 14.4 Å². The van der Waals surface area contributed by atoms with Gasteiger partial charge in [0.05, 0.1) is 12.1 Å². The molecule has 0 spiro atoms. The number of oxime groups is 1. The number of nitrogens with zero attached hydrogens (tertiary/aromatic N) is 1. The molecule has 0 aromatic heterocycles. The van der Waals surface area contributed by atoms with Gasteiger partial charge >= 0.3 is 0 Å². The zero-order valence-electron chi connectivity index (χ0n) is 11.5. The molecule has 21 heavy (non-hydrogen) atoms. The number of hydrogen-bond acceptors (Lipinski definition) is 3. The summed E-state index contributed by atoms with van der Waals surface area (Å²) in [5.74, 6) is -0.682. The number of benzene rings is 2. The number of hydrogen-bond donors (Lipinski definition) is 2. The molecule has 0 aliphatic heterocycles. The van der Waals surface area contributed by atoms with E-state index >= 15 is 0 Å². The average molecular weight is 286 g/mol. The third-order valence-electron chi connectivity index (χ3n) is 3.05. The summed E-state index contributed by atoms with van der Waals surface area (Å²) in [5, 5.41) is 14.5. The lowest BCUT2D eigenvalue weighted by molar-refractivity contribution is -0.115. The summed E-state index contributed by atoms with van der Waals surface area (Å²) in [7, 11) is 0. The maximum atomic E-state index is 13.5. The summed E-state index contributed by atoms with van der Waals surface area (Å²) >= 11 is 0. The van der Waals surface area contributed by atoms with Gasteiger partial charge < -0.3 is 10.5 Å². The second-order valence-electron chi connectivity index (χ2n) is 4.58. The van der Waals surface area contributed by atoms with Crippen molar-refractivity contribution in [2.24, 2.45) is 5.16 Å². The Hall–Kier alpha value is -2.69. The first-order chi connectivity index (χ1) is 10.1. The van der Waals surface area contributed by atoms with Crippen LogP contribution in [0.2, 0.25) is 0 Å². The van der Waals surface area contributed by atoms with Gasteiger partial charge in [-0.2, -0.15) is 0 Å². The molecule has 4 nitrogen and oxygen atoms in total. The topological polar surface area (TPSA) is 61.7 Å². The molecule has 0 bridgehead atoms. The Labute approximate surface area is 121 Å². The fourth-order valence-electron chi connectivity index (χ4n) is 1.87. The van der Waals surface area contributed by atoms with E-state index in [-0.39, 0.29) is 12.3 Å². The molecular weight excluding hydrogens is 271 g/mol. The van der Waals surface area contributed by atoms with Crippen LogP contribution in [0, 0.1) is 5.82 Å². The Kier molecular flexibility index (Phi) is 4.66. The molecule has 0 aliphatic rings. The SMILES string of the molecule is C/C(=N\O)c1ccc(NC(=O)Cc2ccccc2F)cc1. The first-order valence-corrected chi connectivity index (χ1v) is 6.42. The molecule has 0 fully saturated rings. The molecule has 2 N–H and O–H groups in total. The third-order valence-corrected chi connectivity index (χ3v) is 3.05. The smallest absolute Gasteiger partial charge is 0.228 e. The normalized spacial score (nSPS) is 11.2. The van der Waals surface area contributed by atoms with Gasteiger partial charge in [0.1, 0.15) is 5.82 Å². The van der Waals surface area contributed by atoms with Gasteiger partial charge in [-0.1, -0.05) is 35.5 Å². The van der Waals surface area contributed by atoms with E-state index in [0.29, 0.717) is 17.0 Å². The molecule has 2 rings (SSSR count). The highest BCUT2D eigenvalue weighted by atomic mass is 19.1. The fraction of sp³-hybridized carbons (Fsp3) is 0.125. The second kappa shape index (κ2) is 6.65. The van der Waals surface area contributed by atoms with Crippen molar-refractivity contribution in [1.29, 1.82) is 0 Å². The summed E-state index contributed by atoms with van der Waals surface area (Å²) in [6.45, 7) is 1.67. The lowest BCUT2D eigenvalue weighted by Crippen LogP contribution is -2.15. The lowest BCUT2D eigenvalue weighted by atomic mass is 10.1. The summed E-state index contributed by atoms with van der Waals surface area (Å²) < 4.78 is 13.5. The Morgan fingerprint density at radius 1 is 1.19 bits per heavy atom. The monoisotopic (exact) mass is 286 g/mol. The Bertz CT molecular complexity index is 666. The van der Waals surface area contributed by atoms with E-state index in [4.69, 9.17) is 5.21 Å². The van der Waals surface area contributed by atoms with Crippen molar-refractivity contribution in [1.82, 2.24) is 0 Å². The zero-order chi connectivity index (χ0) is 15.2. The van der Waals surface area contributed by atoms with Crippen LogP contribution in [0.5, 0.6) is 0 Å². The number of carbonyl (C=O) groups is 1. The largest absolute Gasteiger partial charge is 0.411 e. The van der Waals surface area contributed by atoms with Crippen molar-refractivity contribution in [3.63, 3.8) is 0 Å². The van der Waals surface area contributed by atoms with E-state index < -0.39 is 5.82 Å². The molecule has 5 heteroatoms. The standard InChI is InChI=1S/C16H15FN2O2/c1-11(19-21)12-6-8-14(9-7-12)18-16(20)10-13-4-2-3-5-15(13)17/h2-9,21H,10H2,1H3,(H,18,20)/b19-11+. The van der Waals surface area contributed by atoms with Crippen molar-refractivity contribution in [3.05, 3.63) is 65.5 Å². The molecule has 0 aliphatic carbocycles. The molecule has 0 radical (unpaired) electrons. The van der Waals surface area contributed by atoms with Gasteiger partial charge in [0.25, 0.3) is 0 Å². The summed E-state index contributed by atoms with van der Waals surface area (Å²) in [5.41, 5.74) is 2.20. The molecule has 0 saturated heterocycles. The van der Waals surface area contributed by atoms with Crippen LogP contribution in [0.15, 0.2) is 53.7 Å². The van der Waals surface area contributed by atoms with Crippen LogP contribution >= 0.6 is 0 Å². The van der Waals surface area contributed by atoms with Crippen LogP contribution in [-0.4, -0.2) is 16.8 Å². The van der Waals surface area contributed by atoms with Crippen LogP contribution < -0.4 is 5.32 Å². The highest BCUT2D eigenvalue weighted by Gasteiger charge is 2.08. The Balaban J connectivity index is 2.02. The maximum absolute atomic E-state index is 13.5. The van der Waals surface area contributed by atoms with Crippen LogP contribution in [0.25, 0.3) is 0 Å². The van der Waals surface area contributed by atoms with Crippen LogP contribution in [-0.2, 0) is 11.2 Å². The van der Waals surface area contributed by atoms with E-state index in [2.05, 4.69) is 10.5 Å². The number of halogens is 1. The number of carbonyl (C=O) groups excluding carboxylic acids is 1. The highest BCUT2D eigenvalue weighted by Crippen LogP contribution is 2.12. The lowest BCUT2D eigenvalue weighted by Gasteiger charge is -2.07. The minimum Gasteiger partial charge on any atom is -0.411 e. The Morgan fingerprint density at radius 2 is 1.86 bits per heavy atom. The average Bonchev–Trinajstić information content (AvgIpc) is 2.49. The van der Waals surface area contributed by atoms with E-state index in [0.717, 1.165) is 5.56 Å². The first-order valence-electron chi connectivity index (χ1n) is 6.42. The van der Waals surface area contributed by atoms with Crippen molar-refractivity contribution in [3.8, 4) is 0 Å². The number of nitrogens with one attached hydrogen (secondary N) is 1. The minimum absolute atomic E-state index is 0.0223. The maximum Gasteiger partial charge on any atom is 0.228 e. The summed E-state index contributed by atoms with van der Waals surface area (Å²) in [6.07, 6.45) is -0.0223. The molecule has 0 atom stereocenters. The Morgan fingerprint density at radius 3 is 2.48 bits per heavy atom. The van der Waals surface area contributed by atoms with Gasteiger partial charge in [-0.3, -0.25) is 4.79 Å². The van der Waals surface area contributed by atoms with Crippen LogP contribution in [0.4, 0.5) is 10.1 Å². The molecule has 2 aromatic carbocycles. The summed E-state index contributed by atoms with van der Waals surface area (Å²) in [6, 6.07) is 13.0. The van der Waals surface area contributed by atoms with Gasteiger partial charge in [0, 0.05) is 5.69 Å². The van der Waals surface area contributed by atoms with E-state index in [1.54, 1.807) is 49.4 Å². The van der Waals surface area contributed by atoms with Crippen LogP contribution in [0.1, 0.15) is 18.1 Å². The number of anilines is 1. The van der Waals surface area contributed by atoms with Gasteiger partial charge in [0.15, 0.2) is 0 Å². The fourth-order valence-corrected chi connectivity index (χ4v) is 1.87. The van der Waals surface area contributed by atoms with Gasteiger partial charge in [-0.15, -0.1) is 0 Å². The van der Waals surface area contributed by atoms with Gasteiger partial charge in [-0.25, -0.2) is 4.39 Å². The van der Waals surface area contributed by atoms with E-state index in [9.17, 15) is 9.18 Å². The zero-order valence-corrected chi connectivity index (χ0v) is 11.5. The molecule has 0 unspecified atom stereocenters. The minimum atomic E-state index is -0.391. The van der Waals surface area contributed by atoms with Crippen molar-refractivity contribution in [2.75, 3.05) is 5.32 Å². The molecular formula is C16H15FN2O2. The van der Waals surface area contributed by atoms with Crippen LogP contribution in [0.3, 0.4) is 0 Å². The quantitative estimate of drug-likeness (QED) is 0.515. The number of amides is 1. The number of rotatable bonds is 4. The highest BCUT2D eigenvalue weighted by molar-refractivity contribution is 5.99. The van der Waals surface area contributed by atoms with E-state index in [1.807, 2.05) is 0 Å². The summed E-state index contributed by atoms with van der Waals surface area (Å²) in [4.78, 5) is 11.9. The molecule has 2 aromatic rings.